The van der Waals surface area contributed by atoms with Gasteiger partial charge in [-0.1, -0.05) is 6.92 Å². The van der Waals surface area contributed by atoms with Crippen molar-refractivity contribution in [3.8, 4) is 0 Å². The van der Waals surface area contributed by atoms with E-state index < -0.39 is 0 Å². The molecule has 15 heavy (non-hydrogen) atoms. The zero-order valence-electron chi connectivity index (χ0n) is 8.78. The summed E-state index contributed by atoms with van der Waals surface area (Å²) >= 11 is 0. The topological polar surface area (TPSA) is 20.2 Å². The Bertz CT molecular complexity index is 121. The van der Waals surface area contributed by atoms with Gasteiger partial charge in [-0.3, -0.25) is 0 Å². The smallest absolute Gasteiger partial charge is 0.393 e. The van der Waals surface area contributed by atoms with Crippen molar-refractivity contribution in [2.45, 2.75) is 19.4 Å². The molecule has 1 nitrogen and oxygen atoms in total. The zero-order chi connectivity index (χ0) is 10.2. The molecule has 2 aliphatic rings. The van der Waals surface area contributed by atoms with Crippen LogP contribution in [0.15, 0.2) is 0 Å². The zero-order valence-corrected chi connectivity index (χ0v) is 9.89. The van der Waals surface area contributed by atoms with Crippen molar-refractivity contribution in [2.24, 2.45) is 0 Å². The molecule has 1 atom stereocenters. The largest absolute Gasteiger partial charge is 2.00 e. The van der Waals surface area contributed by atoms with E-state index in [-0.39, 0.29) is 23.2 Å². The van der Waals surface area contributed by atoms with Crippen molar-refractivity contribution in [3.05, 3.63) is 63.7 Å². The molecule has 0 bridgehead atoms. The van der Waals surface area contributed by atoms with Crippen LogP contribution in [0.3, 0.4) is 0 Å². The molecule has 2 saturated carbocycles. The summed E-state index contributed by atoms with van der Waals surface area (Å²) < 4.78 is 0. The molecule has 0 aliphatic heterocycles. The maximum atomic E-state index is 9.22. The molecule has 10 radical (unpaired) electrons. The fraction of sp³-hybridized carbons (Fsp3) is 0.231. The molecule has 0 unspecified atom stereocenters. The van der Waals surface area contributed by atoms with E-state index in [1.807, 2.05) is 64.7 Å². The molecule has 0 aromatic carbocycles. The van der Waals surface area contributed by atoms with Crippen molar-refractivity contribution < 1.29 is 22.2 Å². The van der Waals surface area contributed by atoms with Gasteiger partial charge < -0.3 is 5.11 Å². The fourth-order valence-corrected chi connectivity index (χ4v) is 1.17. The Kier molecular flexibility index (Phi) is 10.00. The first-order valence-electron chi connectivity index (χ1n) is 4.91. The van der Waals surface area contributed by atoms with Crippen molar-refractivity contribution in [1.82, 2.24) is 0 Å². The van der Waals surface area contributed by atoms with E-state index in [0.29, 0.717) is 0 Å². The molecule has 80 valence electrons. The summed E-state index contributed by atoms with van der Waals surface area (Å²) in [5.74, 6) is 1.03. The van der Waals surface area contributed by atoms with Crippen LogP contribution in [0.4, 0.5) is 0 Å². The minimum Gasteiger partial charge on any atom is -0.393 e. The van der Waals surface area contributed by atoms with E-state index in [4.69, 9.17) is 0 Å². The van der Waals surface area contributed by atoms with Gasteiger partial charge in [-0.25, -0.2) is 0 Å². The predicted molar refractivity (Wildman–Crippen MR) is 58.2 cm³/mol. The second-order valence-electron chi connectivity index (χ2n) is 3.10. The summed E-state index contributed by atoms with van der Waals surface area (Å²) in [6, 6.07) is 0. The van der Waals surface area contributed by atoms with E-state index in [1.165, 1.54) is 0 Å². The summed E-state index contributed by atoms with van der Waals surface area (Å²) in [6.07, 6.45) is 18.3. The Morgan fingerprint density at radius 3 is 1.67 bits per heavy atom. The Labute approximate surface area is 106 Å². The van der Waals surface area contributed by atoms with Crippen LogP contribution >= 0.6 is 0 Å². The molecule has 2 aliphatic carbocycles. The van der Waals surface area contributed by atoms with Gasteiger partial charge in [-0.15, -0.1) is 0 Å². The standard InChI is InChI=1S/C8H11O.C5H5.Fe/c1-2-8(9)7-5-3-4-6-7;1-2-4-5-3-1;/h3-6,8-9H,2H2,1H3;1-5H;/q;;+2/t8-;;/m1../s1. The molecule has 0 aromatic heterocycles. The van der Waals surface area contributed by atoms with E-state index in [2.05, 4.69) is 0 Å². The number of aliphatic hydroxyl groups is 1. The van der Waals surface area contributed by atoms with E-state index in [9.17, 15) is 5.11 Å². The van der Waals surface area contributed by atoms with Gasteiger partial charge in [0.15, 0.2) is 0 Å². The van der Waals surface area contributed by atoms with Crippen LogP contribution < -0.4 is 0 Å². The second-order valence-corrected chi connectivity index (χ2v) is 3.10. The normalized spacial score (nSPS) is 22.8. The molecular formula is C13H16FeO+2. The van der Waals surface area contributed by atoms with Crippen LogP contribution in [0.2, 0.25) is 0 Å². The SMILES string of the molecule is CC[C@@H](O)[C]1[CH][CH][CH][CH]1.[CH]1[CH][CH][CH][CH]1.[Fe+2]. The van der Waals surface area contributed by atoms with Crippen molar-refractivity contribution in [1.29, 1.82) is 0 Å². The van der Waals surface area contributed by atoms with Gasteiger partial charge in [0.2, 0.25) is 0 Å². The van der Waals surface area contributed by atoms with Gasteiger partial charge in [0.25, 0.3) is 0 Å². The maximum absolute atomic E-state index is 9.22. The van der Waals surface area contributed by atoms with Crippen LogP contribution in [0.1, 0.15) is 13.3 Å². The summed E-state index contributed by atoms with van der Waals surface area (Å²) in [5.41, 5.74) is 0. The third kappa shape index (κ3) is 6.60. The summed E-state index contributed by atoms with van der Waals surface area (Å²) in [7, 11) is 0. The Morgan fingerprint density at radius 1 is 0.933 bits per heavy atom. The van der Waals surface area contributed by atoms with Gasteiger partial charge in [0.1, 0.15) is 0 Å². The first kappa shape index (κ1) is 15.5. The van der Waals surface area contributed by atoms with Gasteiger partial charge in [-0.2, -0.15) is 0 Å². The molecule has 2 rings (SSSR count). The quantitative estimate of drug-likeness (QED) is 0.738. The predicted octanol–water partition coefficient (Wildman–Crippen LogP) is 2.18. The molecule has 0 saturated heterocycles. The van der Waals surface area contributed by atoms with Gasteiger partial charge in [-0.05, 0) is 64.2 Å². The van der Waals surface area contributed by atoms with E-state index in [0.717, 1.165) is 12.3 Å². The Hall–Kier alpha value is 0.479. The molecule has 0 heterocycles. The molecule has 0 aromatic rings. The summed E-state index contributed by atoms with van der Waals surface area (Å²) in [6.45, 7) is 1.97. The second kappa shape index (κ2) is 9.69. The Morgan fingerprint density at radius 2 is 1.33 bits per heavy atom. The fourth-order valence-electron chi connectivity index (χ4n) is 1.17. The number of hydrogen-bond acceptors (Lipinski definition) is 1. The molecule has 2 fully saturated rings. The molecule has 0 spiro atoms. The minimum atomic E-state index is -0.264. The average Bonchev–Trinajstić information content (AvgIpc) is 2.91. The van der Waals surface area contributed by atoms with Crippen molar-refractivity contribution in [3.63, 3.8) is 0 Å². The van der Waals surface area contributed by atoms with E-state index >= 15 is 0 Å². The van der Waals surface area contributed by atoms with Gasteiger partial charge in [0, 0.05) is 5.92 Å². The monoisotopic (exact) mass is 244 g/mol. The minimum absolute atomic E-state index is 0. The maximum Gasteiger partial charge on any atom is 2.00 e. The van der Waals surface area contributed by atoms with Crippen LogP contribution in [-0.2, 0) is 17.1 Å². The molecule has 2 heteroatoms. The third-order valence-corrected chi connectivity index (χ3v) is 2.02. The van der Waals surface area contributed by atoms with Crippen molar-refractivity contribution in [2.75, 3.05) is 0 Å². The average molecular weight is 244 g/mol. The third-order valence-electron chi connectivity index (χ3n) is 2.02. The summed E-state index contributed by atoms with van der Waals surface area (Å²) in [4.78, 5) is 0. The van der Waals surface area contributed by atoms with Crippen LogP contribution in [0.25, 0.3) is 0 Å². The van der Waals surface area contributed by atoms with Crippen LogP contribution in [0.5, 0.6) is 0 Å². The van der Waals surface area contributed by atoms with Gasteiger partial charge >= 0.3 is 17.1 Å². The molecule has 1 N–H and O–H groups in total. The van der Waals surface area contributed by atoms with Crippen LogP contribution in [-0.4, -0.2) is 11.2 Å². The van der Waals surface area contributed by atoms with Crippen LogP contribution in [0, 0.1) is 63.7 Å². The number of hydrogen-bond donors (Lipinski definition) is 1. The number of aliphatic hydroxyl groups excluding tert-OH is 1. The first-order chi connectivity index (χ1) is 6.84. The number of rotatable bonds is 2. The summed E-state index contributed by atoms with van der Waals surface area (Å²) in [5, 5.41) is 9.22. The molecular weight excluding hydrogens is 228 g/mol. The van der Waals surface area contributed by atoms with Crippen molar-refractivity contribution >= 4 is 0 Å². The Balaban J connectivity index is 0.000000280. The van der Waals surface area contributed by atoms with Gasteiger partial charge in [0.05, 0.1) is 6.10 Å². The first-order valence-corrected chi connectivity index (χ1v) is 4.91. The van der Waals surface area contributed by atoms with E-state index in [1.54, 1.807) is 0 Å². The molecule has 0 amide bonds.